The van der Waals surface area contributed by atoms with E-state index in [9.17, 15) is 0 Å². The first-order valence-corrected chi connectivity index (χ1v) is 4.28. The number of benzene rings is 1. The van der Waals surface area contributed by atoms with Crippen molar-refractivity contribution in [1.82, 2.24) is 0 Å². The van der Waals surface area contributed by atoms with Gasteiger partial charge in [-0.15, -0.1) is 0 Å². The predicted molar refractivity (Wildman–Crippen MR) is 49.8 cm³/mol. The van der Waals surface area contributed by atoms with E-state index in [1.807, 2.05) is 6.92 Å². The summed E-state index contributed by atoms with van der Waals surface area (Å²) in [6.07, 6.45) is 0.923. The highest BCUT2D eigenvalue weighted by atomic mass is 35.5. The molecule has 0 amide bonds. The summed E-state index contributed by atoms with van der Waals surface area (Å²) >= 11 is 5.94. The van der Waals surface area contributed by atoms with Gasteiger partial charge in [0.05, 0.1) is 11.6 Å². The molecule has 0 spiro atoms. The fourth-order valence-corrected chi connectivity index (χ4v) is 1.80. The standard InChI is InChI=1S/C9H10ClNO/c1-5-6-2-3-12-9(6)7(10)4-8(5)11/h4H,2-3,11H2,1H3. The van der Waals surface area contributed by atoms with Gasteiger partial charge in [0, 0.05) is 17.7 Å². The number of ether oxygens (including phenoxy) is 1. The van der Waals surface area contributed by atoms with E-state index >= 15 is 0 Å². The third-order valence-electron chi connectivity index (χ3n) is 2.26. The van der Waals surface area contributed by atoms with Crippen LogP contribution in [0.4, 0.5) is 5.69 Å². The number of fused-ring (bicyclic) bond motifs is 1. The lowest BCUT2D eigenvalue weighted by molar-refractivity contribution is 0.357. The summed E-state index contributed by atoms with van der Waals surface area (Å²) in [6.45, 7) is 2.72. The minimum atomic E-state index is 0.630. The first kappa shape index (κ1) is 7.74. The average Bonchev–Trinajstić information content (AvgIpc) is 2.48. The van der Waals surface area contributed by atoms with Gasteiger partial charge in [0.1, 0.15) is 5.75 Å². The number of halogens is 1. The lowest BCUT2D eigenvalue weighted by Crippen LogP contribution is -1.93. The SMILES string of the molecule is Cc1c(N)cc(Cl)c2c1CCO2. The summed E-state index contributed by atoms with van der Waals surface area (Å²) in [6, 6.07) is 1.75. The molecular formula is C9H10ClNO. The van der Waals surface area contributed by atoms with Crippen LogP contribution in [0.25, 0.3) is 0 Å². The molecule has 0 radical (unpaired) electrons. The van der Waals surface area contributed by atoms with Crippen LogP contribution in [-0.4, -0.2) is 6.61 Å². The molecule has 2 rings (SSSR count). The smallest absolute Gasteiger partial charge is 0.141 e. The summed E-state index contributed by atoms with van der Waals surface area (Å²) in [5, 5.41) is 0.630. The quantitative estimate of drug-likeness (QED) is 0.626. The number of nitrogen functional groups attached to an aromatic ring is 1. The first-order chi connectivity index (χ1) is 5.70. The number of hydrogen-bond donors (Lipinski definition) is 1. The van der Waals surface area contributed by atoms with E-state index in [2.05, 4.69) is 0 Å². The van der Waals surface area contributed by atoms with Gasteiger partial charge in [0.25, 0.3) is 0 Å². The Labute approximate surface area is 76.3 Å². The highest BCUT2D eigenvalue weighted by Gasteiger charge is 2.19. The molecule has 1 aromatic carbocycles. The molecule has 1 aliphatic rings. The lowest BCUT2D eigenvalue weighted by Gasteiger charge is -2.07. The summed E-state index contributed by atoms with van der Waals surface area (Å²) in [5.74, 6) is 0.823. The molecular weight excluding hydrogens is 174 g/mol. The Balaban J connectivity index is 2.69. The van der Waals surface area contributed by atoms with Crippen molar-refractivity contribution >= 4 is 17.3 Å². The second-order valence-corrected chi connectivity index (χ2v) is 3.39. The Morgan fingerprint density at radius 3 is 3.08 bits per heavy atom. The predicted octanol–water partition coefficient (Wildman–Crippen LogP) is 2.17. The van der Waals surface area contributed by atoms with Crippen LogP contribution in [-0.2, 0) is 6.42 Å². The maximum absolute atomic E-state index is 5.94. The molecule has 2 N–H and O–H groups in total. The zero-order valence-electron chi connectivity index (χ0n) is 6.86. The van der Waals surface area contributed by atoms with E-state index in [4.69, 9.17) is 22.1 Å². The third-order valence-corrected chi connectivity index (χ3v) is 2.54. The fraction of sp³-hybridized carbons (Fsp3) is 0.333. The summed E-state index contributed by atoms with van der Waals surface area (Å²) in [5.41, 5.74) is 8.78. The molecule has 0 fully saturated rings. The van der Waals surface area contributed by atoms with Crippen LogP contribution < -0.4 is 10.5 Å². The van der Waals surface area contributed by atoms with Gasteiger partial charge >= 0.3 is 0 Å². The van der Waals surface area contributed by atoms with E-state index in [0.29, 0.717) is 5.02 Å². The molecule has 1 aromatic rings. The minimum absolute atomic E-state index is 0.630. The van der Waals surface area contributed by atoms with Crippen molar-refractivity contribution in [2.45, 2.75) is 13.3 Å². The van der Waals surface area contributed by atoms with Gasteiger partial charge < -0.3 is 10.5 Å². The molecule has 0 bridgehead atoms. The Morgan fingerprint density at radius 1 is 1.58 bits per heavy atom. The fourth-order valence-electron chi connectivity index (χ4n) is 1.51. The van der Waals surface area contributed by atoms with Crippen molar-refractivity contribution < 1.29 is 4.74 Å². The van der Waals surface area contributed by atoms with Gasteiger partial charge in [-0.25, -0.2) is 0 Å². The van der Waals surface area contributed by atoms with Crippen molar-refractivity contribution in [1.29, 1.82) is 0 Å². The summed E-state index contributed by atoms with van der Waals surface area (Å²) in [4.78, 5) is 0. The lowest BCUT2D eigenvalue weighted by atomic mass is 10.0. The molecule has 0 saturated carbocycles. The van der Waals surface area contributed by atoms with E-state index in [1.54, 1.807) is 6.07 Å². The Morgan fingerprint density at radius 2 is 2.33 bits per heavy atom. The number of hydrogen-bond acceptors (Lipinski definition) is 2. The van der Waals surface area contributed by atoms with E-state index < -0.39 is 0 Å². The average molecular weight is 184 g/mol. The maximum atomic E-state index is 5.94. The van der Waals surface area contributed by atoms with E-state index in [1.165, 1.54) is 5.56 Å². The highest BCUT2D eigenvalue weighted by Crippen LogP contribution is 2.38. The maximum Gasteiger partial charge on any atom is 0.141 e. The van der Waals surface area contributed by atoms with Crippen LogP contribution in [0.15, 0.2) is 6.07 Å². The molecule has 0 aliphatic carbocycles. The molecule has 0 atom stereocenters. The number of anilines is 1. The van der Waals surface area contributed by atoms with Gasteiger partial charge in [0.2, 0.25) is 0 Å². The monoisotopic (exact) mass is 183 g/mol. The number of rotatable bonds is 0. The molecule has 3 heteroatoms. The van der Waals surface area contributed by atoms with Crippen molar-refractivity contribution in [3.63, 3.8) is 0 Å². The minimum Gasteiger partial charge on any atom is -0.491 e. The van der Waals surface area contributed by atoms with Gasteiger partial charge in [-0.3, -0.25) is 0 Å². The van der Waals surface area contributed by atoms with Crippen molar-refractivity contribution in [2.24, 2.45) is 0 Å². The molecule has 64 valence electrons. The second kappa shape index (κ2) is 2.56. The van der Waals surface area contributed by atoms with Crippen LogP contribution in [0.1, 0.15) is 11.1 Å². The van der Waals surface area contributed by atoms with Gasteiger partial charge in [-0.05, 0) is 18.6 Å². The van der Waals surface area contributed by atoms with Gasteiger partial charge in [-0.2, -0.15) is 0 Å². The zero-order valence-corrected chi connectivity index (χ0v) is 7.61. The third kappa shape index (κ3) is 0.950. The van der Waals surface area contributed by atoms with Gasteiger partial charge in [0.15, 0.2) is 0 Å². The van der Waals surface area contributed by atoms with Crippen molar-refractivity contribution in [3.8, 4) is 5.75 Å². The highest BCUT2D eigenvalue weighted by molar-refractivity contribution is 6.32. The topological polar surface area (TPSA) is 35.2 Å². The van der Waals surface area contributed by atoms with E-state index in [0.717, 1.165) is 30.0 Å². The van der Waals surface area contributed by atoms with Crippen LogP contribution in [0.3, 0.4) is 0 Å². The molecule has 0 unspecified atom stereocenters. The first-order valence-electron chi connectivity index (χ1n) is 3.90. The van der Waals surface area contributed by atoms with Crippen molar-refractivity contribution in [2.75, 3.05) is 12.3 Å². The van der Waals surface area contributed by atoms with Gasteiger partial charge in [-0.1, -0.05) is 11.6 Å². The van der Waals surface area contributed by atoms with Crippen molar-refractivity contribution in [3.05, 3.63) is 22.2 Å². The summed E-state index contributed by atoms with van der Waals surface area (Å²) < 4.78 is 5.38. The van der Waals surface area contributed by atoms with E-state index in [-0.39, 0.29) is 0 Å². The zero-order chi connectivity index (χ0) is 8.72. The van der Waals surface area contributed by atoms with Crippen LogP contribution in [0.5, 0.6) is 5.75 Å². The molecule has 2 nitrogen and oxygen atoms in total. The molecule has 0 saturated heterocycles. The van der Waals surface area contributed by atoms with Crippen LogP contribution in [0.2, 0.25) is 5.02 Å². The second-order valence-electron chi connectivity index (χ2n) is 2.98. The molecule has 1 aliphatic heterocycles. The molecule has 1 heterocycles. The Hall–Kier alpha value is -0.890. The van der Waals surface area contributed by atoms with Crippen LogP contribution in [0, 0.1) is 6.92 Å². The molecule has 12 heavy (non-hydrogen) atoms. The normalized spacial score (nSPS) is 14.2. The Kier molecular flexibility index (Phi) is 1.65. The van der Waals surface area contributed by atoms with Crippen LogP contribution >= 0.6 is 11.6 Å². The summed E-state index contributed by atoms with van der Waals surface area (Å²) in [7, 11) is 0. The number of nitrogens with two attached hydrogens (primary N) is 1. The Bertz CT molecular complexity index is 336. The molecule has 0 aromatic heterocycles. The largest absolute Gasteiger partial charge is 0.491 e.